The van der Waals surface area contributed by atoms with Crippen molar-refractivity contribution in [3.63, 3.8) is 0 Å². The van der Waals surface area contributed by atoms with Crippen LogP contribution in [-0.2, 0) is 11.8 Å². The van der Waals surface area contributed by atoms with E-state index in [1.807, 2.05) is 20.8 Å². The van der Waals surface area contributed by atoms with Crippen LogP contribution in [0.4, 0.5) is 8.78 Å². The average molecular weight is 309 g/mol. The first-order valence-electron chi connectivity index (χ1n) is 6.83. The summed E-state index contributed by atoms with van der Waals surface area (Å²) in [7, 11) is 0. The quantitative estimate of drug-likeness (QED) is 0.942. The minimum absolute atomic E-state index is 0.0578. The Balaban J connectivity index is 1.89. The molecule has 0 aliphatic carbocycles. The third kappa shape index (κ3) is 3.87. The molecule has 1 aromatic heterocycles. The minimum Gasteiger partial charge on any atom is -0.352 e. The number of benzene rings is 1. The van der Waals surface area contributed by atoms with Crippen LogP contribution in [0.5, 0.6) is 0 Å². The Hall–Kier alpha value is -2.31. The summed E-state index contributed by atoms with van der Waals surface area (Å²) >= 11 is 0. The third-order valence-electron chi connectivity index (χ3n) is 2.93. The fraction of sp³-hybridized carbons (Fsp3) is 0.400. The number of amides is 1. The lowest BCUT2D eigenvalue weighted by molar-refractivity contribution is 0.0953. The molecular formula is C15H17F2N3O2. The summed E-state index contributed by atoms with van der Waals surface area (Å²) in [4.78, 5) is 16.0. The van der Waals surface area contributed by atoms with E-state index < -0.39 is 17.5 Å². The molecule has 7 heteroatoms. The van der Waals surface area contributed by atoms with Crippen LogP contribution in [0.25, 0.3) is 0 Å². The first-order chi connectivity index (χ1) is 10.3. The van der Waals surface area contributed by atoms with Gasteiger partial charge in [0.1, 0.15) is 0 Å². The molecule has 0 aliphatic rings. The van der Waals surface area contributed by atoms with Crippen molar-refractivity contribution < 1.29 is 18.1 Å². The van der Waals surface area contributed by atoms with Gasteiger partial charge in [-0.1, -0.05) is 25.9 Å². The van der Waals surface area contributed by atoms with Crippen LogP contribution in [0.15, 0.2) is 22.7 Å². The third-order valence-corrected chi connectivity index (χ3v) is 2.93. The highest BCUT2D eigenvalue weighted by Gasteiger charge is 2.21. The molecule has 0 radical (unpaired) electrons. The second-order valence-corrected chi connectivity index (χ2v) is 5.90. The topological polar surface area (TPSA) is 68.0 Å². The van der Waals surface area contributed by atoms with Crippen LogP contribution >= 0.6 is 0 Å². The summed E-state index contributed by atoms with van der Waals surface area (Å²) in [6, 6.07) is 3.00. The van der Waals surface area contributed by atoms with E-state index in [4.69, 9.17) is 4.52 Å². The van der Waals surface area contributed by atoms with E-state index in [2.05, 4.69) is 15.5 Å². The van der Waals surface area contributed by atoms with Gasteiger partial charge in [0.05, 0.1) is 0 Å². The maximum absolute atomic E-state index is 13.1. The zero-order chi connectivity index (χ0) is 16.3. The smallest absolute Gasteiger partial charge is 0.251 e. The van der Waals surface area contributed by atoms with Gasteiger partial charge in [-0.2, -0.15) is 4.98 Å². The van der Waals surface area contributed by atoms with Gasteiger partial charge in [-0.05, 0) is 18.2 Å². The van der Waals surface area contributed by atoms with Gasteiger partial charge in [0.15, 0.2) is 17.5 Å². The van der Waals surface area contributed by atoms with Crippen molar-refractivity contribution in [3.8, 4) is 0 Å². The molecule has 0 saturated heterocycles. The van der Waals surface area contributed by atoms with Gasteiger partial charge >= 0.3 is 0 Å². The molecule has 0 unspecified atom stereocenters. The number of nitrogens with zero attached hydrogens (tertiary/aromatic N) is 2. The van der Waals surface area contributed by atoms with E-state index in [0.717, 1.165) is 12.1 Å². The summed E-state index contributed by atoms with van der Waals surface area (Å²) in [5.74, 6) is -1.53. The van der Waals surface area contributed by atoms with Crippen molar-refractivity contribution in [2.75, 3.05) is 6.54 Å². The first-order valence-corrected chi connectivity index (χ1v) is 6.83. The van der Waals surface area contributed by atoms with Crippen LogP contribution in [-0.4, -0.2) is 22.6 Å². The van der Waals surface area contributed by atoms with Crippen molar-refractivity contribution in [1.29, 1.82) is 0 Å². The van der Waals surface area contributed by atoms with Gasteiger partial charge in [-0.3, -0.25) is 4.79 Å². The van der Waals surface area contributed by atoms with E-state index in [9.17, 15) is 13.6 Å². The Morgan fingerprint density at radius 2 is 2.00 bits per heavy atom. The summed E-state index contributed by atoms with van der Waals surface area (Å²) in [6.07, 6.45) is 0.384. The Kier molecular flexibility index (Phi) is 4.54. The Bertz CT molecular complexity index is 678. The van der Waals surface area contributed by atoms with Crippen LogP contribution in [0.1, 0.15) is 42.8 Å². The van der Waals surface area contributed by atoms with E-state index >= 15 is 0 Å². The molecule has 0 fully saturated rings. The average Bonchev–Trinajstić information content (AvgIpc) is 2.90. The molecule has 0 atom stereocenters. The maximum atomic E-state index is 13.1. The summed E-state index contributed by atoms with van der Waals surface area (Å²) in [6.45, 7) is 6.13. The van der Waals surface area contributed by atoms with E-state index in [1.54, 1.807) is 0 Å². The summed E-state index contributed by atoms with van der Waals surface area (Å²) in [5, 5.41) is 6.42. The number of halogens is 2. The molecule has 1 aromatic carbocycles. The fourth-order valence-electron chi connectivity index (χ4n) is 1.69. The van der Waals surface area contributed by atoms with Crippen molar-refractivity contribution in [2.24, 2.45) is 0 Å². The largest absolute Gasteiger partial charge is 0.352 e. The molecule has 5 nitrogen and oxygen atoms in total. The molecule has 0 aliphatic heterocycles. The molecule has 22 heavy (non-hydrogen) atoms. The standard InChI is InChI=1S/C15H17F2N3O2/c1-15(2,3)14-19-12(20-22-14)6-7-18-13(21)9-4-5-10(16)11(17)8-9/h4-5,8H,6-7H2,1-3H3,(H,18,21). The van der Waals surface area contributed by atoms with Crippen molar-refractivity contribution in [1.82, 2.24) is 15.5 Å². The molecule has 118 valence electrons. The molecule has 1 amide bonds. The van der Waals surface area contributed by atoms with Crippen LogP contribution in [0.2, 0.25) is 0 Å². The van der Waals surface area contributed by atoms with Gasteiger partial charge < -0.3 is 9.84 Å². The predicted octanol–water partition coefficient (Wildman–Crippen LogP) is 2.62. The Morgan fingerprint density at radius 3 is 2.59 bits per heavy atom. The first kappa shape index (κ1) is 16.1. The van der Waals surface area contributed by atoms with E-state index in [-0.39, 0.29) is 17.5 Å². The zero-order valence-electron chi connectivity index (χ0n) is 12.6. The van der Waals surface area contributed by atoms with Gasteiger partial charge in [0, 0.05) is 23.9 Å². The molecule has 2 aromatic rings. The van der Waals surface area contributed by atoms with Gasteiger partial charge in [0.25, 0.3) is 5.91 Å². The number of nitrogens with one attached hydrogen (secondary N) is 1. The van der Waals surface area contributed by atoms with Gasteiger partial charge in [0.2, 0.25) is 5.89 Å². The second kappa shape index (κ2) is 6.21. The van der Waals surface area contributed by atoms with E-state index in [0.29, 0.717) is 18.1 Å². The highest BCUT2D eigenvalue weighted by atomic mass is 19.2. The molecular weight excluding hydrogens is 292 g/mol. The molecule has 0 saturated carbocycles. The minimum atomic E-state index is -1.05. The lowest BCUT2D eigenvalue weighted by Crippen LogP contribution is -2.26. The lowest BCUT2D eigenvalue weighted by atomic mass is 9.97. The Morgan fingerprint density at radius 1 is 1.27 bits per heavy atom. The molecule has 2 rings (SSSR count). The monoisotopic (exact) mass is 309 g/mol. The molecule has 1 N–H and O–H groups in total. The molecule has 0 spiro atoms. The number of rotatable bonds is 4. The number of aromatic nitrogens is 2. The highest BCUT2D eigenvalue weighted by molar-refractivity contribution is 5.94. The highest BCUT2D eigenvalue weighted by Crippen LogP contribution is 2.19. The SMILES string of the molecule is CC(C)(C)c1nc(CCNC(=O)c2ccc(F)c(F)c2)no1. The van der Waals surface area contributed by atoms with Crippen LogP contribution in [0.3, 0.4) is 0 Å². The normalized spacial score (nSPS) is 11.5. The number of carbonyl (C=O) groups excluding carboxylic acids is 1. The fourth-order valence-corrected chi connectivity index (χ4v) is 1.69. The lowest BCUT2D eigenvalue weighted by Gasteiger charge is -2.10. The summed E-state index contributed by atoms with van der Waals surface area (Å²) in [5.41, 5.74) is -0.178. The molecule has 1 heterocycles. The van der Waals surface area contributed by atoms with Crippen molar-refractivity contribution in [2.45, 2.75) is 32.6 Å². The van der Waals surface area contributed by atoms with Crippen molar-refractivity contribution in [3.05, 3.63) is 47.1 Å². The van der Waals surface area contributed by atoms with Gasteiger partial charge in [-0.15, -0.1) is 0 Å². The van der Waals surface area contributed by atoms with Crippen molar-refractivity contribution >= 4 is 5.91 Å². The maximum Gasteiger partial charge on any atom is 0.251 e. The number of hydrogen-bond donors (Lipinski definition) is 1. The number of hydrogen-bond acceptors (Lipinski definition) is 4. The van der Waals surface area contributed by atoms with E-state index in [1.165, 1.54) is 6.07 Å². The van der Waals surface area contributed by atoms with Gasteiger partial charge in [-0.25, -0.2) is 8.78 Å². The molecule has 0 bridgehead atoms. The second-order valence-electron chi connectivity index (χ2n) is 5.90. The zero-order valence-corrected chi connectivity index (χ0v) is 12.6. The number of carbonyl (C=O) groups is 1. The van der Waals surface area contributed by atoms with Crippen LogP contribution < -0.4 is 5.32 Å². The van der Waals surface area contributed by atoms with Crippen LogP contribution in [0, 0.1) is 11.6 Å². The predicted molar refractivity (Wildman–Crippen MR) is 75.4 cm³/mol. The summed E-state index contributed by atoms with van der Waals surface area (Å²) < 4.78 is 31.0. The Labute approximate surface area is 126 Å².